The molecule has 0 radical (unpaired) electrons. The molecule has 36 heavy (non-hydrogen) atoms. The van der Waals surface area contributed by atoms with Crippen LogP contribution in [0, 0.1) is 5.92 Å². The third-order valence-corrected chi connectivity index (χ3v) is 6.54. The molecule has 0 heterocycles. The Kier molecular flexibility index (Phi) is 10.2. The van der Waals surface area contributed by atoms with Crippen LogP contribution in [-0.2, 0) is 29.0 Å². The molecular formula is C29H32Cl2N2O3. The summed E-state index contributed by atoms with van der Waals surface area (Å²) in [5.41, 5.74) is 2.35. The van der Waals surface area contributed by atoms with E-state index in [4.69, 9.17) is 27.9 Å². The Hall–Kier alpha value is -3.02. The molecule has 0 bridgehead atoms. The Morgan fingerprint density at radius 2 is 1.56 bits per heavy atom. The molecule has 0 aliphatic rings. The predicted molar refractivity (Wildman–Crippen MR) is 145 cm³/mol. The first-order valence-corrected chi connectivity index (χ1v) is 12.7. The summed E-state index contributed by atoms with van der Waals surface area (Å²) < 4.78 is 5.37. The fraction of sp³-hybridized carbons (Fsp3) is 0.310. The van der Waals surface area contributed by atoms with E-state index in [1.165, 1.54) is 0 Å². The zero-order chi connectivity index (χ0) is 26.1. The molecule has 1 N–H and O–H groups in total. The molecule has 3 rings (SSSR count). The zero-order valence-corrected chi connectivity index (χ0v) is 22.4. The molecule has 0 aliphatic heterocycles. The van der Waals surface area contributed by atoms with Crippen molar-refractivity contribution in [2.75, 3.05) is 13.7 Å². The molecule has 0 aliphatic carbocycles. The van der Waals surface area contributed by atoms with E-state index in [9.17, 15) is 9.59 Å². The van der Waals surface area contributed by atoms with Crippen LogP contribution in [0.5, 0.6) is 5.75 Å². The number of rotatable bonds is 11. The van der Waals surface area contributed by atoms with Gasteiger partial charge in [-0.2, -0.15) is 0 Å². The summed E-state index contributed by atoms with van der Waals surface area (Å²) in [6, 6.07) is 21.6. The number of nitrogens with one attached hydrogen (secondary N) is 1. The molecule has 3 aromatic rings. The Labute approximate surface area is 223 Å². The highest BCUT2D eigenvalue weighted by molar-refractivity contribution is 6.36. The van der Waals surface area contributed by atoms with E-state index >= 15 is 0 Å². The molecule has 0 fully saturated rings. The SMILES string of the molecule is COc1cccc(CN(C(=O)Cc2c(Cl)cccc2Cl)[C@@H](Cc2ccccc2)C(=O)NCC(C)C)c1. The topological polar surface area (TPSA) is 58.6 Å². The van der Waals surface area contributed by atoms with Crippen LogP contribution in [0.2, 0.25) is 10.0 Å². The van der Waals surface area contributed by atoms with E-state index in [1.807, 2.05) is 68.4 Å². The van der Waals surface area contributed by atoms with Crippen molar-refractivity contribution < 1.29 is 14.3 Å². The molecule has 0 unspecified atom stereocenters. The van der Waals surface area contributed by atoms with Gasteiger partial charge in [-0.3, -0.25) is 9.59 Å². The second-order valence-electron chi connectivity index (χ2n) is 9.09. The maximum absolute atomic E-state index is 13.8. The molecular weight excluding hydrogens is 495 g/mol. The van der Waals surface area contributed by atoms with E-state index in [-0.39, 0.29) is 30.7 Å². The number of carbonyl (C=O) groups is 2. The summed E-state index contributed by atoms with van der Waals surface area (Å²) in [5, 5.41) is 3.86. The first-order valence-electron chi connectivity index (χ1n) is 12.0. The minimum absolute atomic E-state index is 0.0226. The lowest BCUT2D eigenvalue weighted by Crippen LogP contribution is -2.51. The first kappa shape index (κ1) is 27.6. The van der Waals surface area contributed by atoms with Gasteiger partial charge in [0.15, 0.2) is 0 Å². The monoisotopic (exact) mass is 526 g/mol. The number of carbonyl (C=O) groups excluding carboxylic acids is 2. The van der Waals surface area contributed by atoms with Crippen molar-refractivity contribution >= 4 is 35.0 Å². The Morgan fingerprint density at radius 1 is 0.917 bits per heavy atom. The summed E-state index contributed by atoms with van der Waals surface area (Å²) in [6.45, 7) is 4.81. The standard InChI is InChI=1S/C29H32Cl2N2O3/c1-20(2)18-32-29(35)27(16-21-9-5-4-6-10-21)33(19-22-11-7-12-23(15-22)36-3)28(34)17-24-25(30)13-8-14-26(24)31/h4-15,20,27H,16-19H2,1-3H3,(H,32,35)/t27-/m0/s1. The van der Waals surface area contributed by atoms with Crippen molar-refractivity contribution in [3.63, 3.8) is 0 Å². The average molecular weight is 527 g/mol. The van der Waals surface area contributed by atoms with Crippen LogP contribution in [0.25, 0.3) is 0 Å². The summed E-state index contributed by atoms with van der Waals surface area (Å²) in [5.74, 6) is 0.510. The van der Waals surface area contributed by atoms with Crippen molar-refractivity contribution in [2.45, 2.75) is 39.3 Å². The second-order valence-corrected chi connectivity index (χ2v) is 9.91. The van der Waals surface area contributed by atoms with Crippen molar-refractivity contribution in [1.29, 1.82) is 0 Å². The Morgan fingerprint density at radius 3 is 2.19 bits per heavy atom. The van der Waals surface area contributed by atoms with Gasteiger partial charge >= 0.3 is 0 Å². The molecule has 7 heteroatoms. The van der Waals surface area contributed by atoms with Gasteiger partial charge in [0.05, 0.1) is 13.5 Å². The third-order valence-electron chi connectivity index (χ3n) is 5.83. The van der Waals surface area contributed by atoms with E-state index < -0.39 is 6.04 Å². The summed E-state index contributed by atoms with van der Waals surface area (Å²) >= 11 is 12.8. The number of amides is 2. The van der Waals surface area contributed by atoms with Crippen LogP contribution < -0.4 is 10.1 Å². The van der Waals surface area contributed by atoms with Crippen LogP contribution in [0.3, 0.4) is 0 Å². The van der Waals surface area contributed by atoms with Gasteiger partial charge in [0.2, 0.25) is 11.8 Å². The first-order chi connectivity index (χ1) is 17.3. The highest BCUT2D eigenvalue weighted by atomic mass is 35.5. The minimum atomic E-state index is -0.730. The van der Waals surface area contributed by atoms with Gasteiger partial charge in [-0.15, -0.1) is 0 Å². The highest BCUT2D eigenvalue weighted by Crippen LogP contribution is 2.26. The molecule has 0 aromatic heterocycles. The van der Waals surface area contributed by atoms with Crippen molar-refractivity contribution in [2.24, 2.45) is 5.92 Å². The van der Waals surface area contributed by atoms with Crippen LogP contribution in [-0.4, -0.2) is 36.4 Å². The molecule has 0 saturated heterocycles. The predicted octanol–water partition coefficient (Wildman–Crippen LogP) is 5.96. The molecule has 0 saturated carbocycles. The number of halogens is 2. The lowest BCUT2D eigenvalue weighted by molar-refractivity contribution is -0.140. The zero-order valence-electron chi connectivity index (χ0n) is 20.8. The van der Waals surface area contributed by atoms with Gasteiger partial charge in [-0.1, -0.05) is 85.6 Å². The van der Waals surface area contributed by atoms with Crippen LogP contribution in [0.15, 0.2) is 72.8 Å². The largest absolute Gasteiger partial charge is 0.497 e. The molecule has 190 valence electrons. The van der Waals surface area contributed by atoms with Gasteiger partial charge in [-0.25, -0.2) is 0 Å². The number of methoxy groups -OCH3 is 1. The summed E-state index contributed by atoms with van der Waals surface area (Å²) in [6.07, 6.45) is 0.349. The third kappa shape index (κ3) is 7.74. The van der Waals surface area contributed by atoms with Gasteiger partial charge < -0.3 is 15.0 Å². The van der Waals surface area contributed by atoms with E-state index in [0.717, 1.165) is 11.1 Å². The van der Waals surface area contributed by atoms with Crippen LogP contribution in [0.4, 0.5) is 0 Å². The Bertz CT molecular complexity index is 1150. The van der Waals surface area contributed by atoms with E-state index in [2.05, 4.69) is 5.32 Å². The summed E-state index contributed by atoms with van der Waals surface area (Å²) in [7, 11) is 1.60. The van der Waals surface area contributed by atoms with Crippen LogP contribution >= 0.6 is 23.2 Å². The van der Waals surface area contributed by atoms with E-state index in [1.54, 1.807) is 30.2 Å². The maximum Gasteiger partial charge on any atom is 0.243 e. The minimum Gasteiger partial charge on any atom is -0.497 e. The normalized spacial score (nSPS) is 11.7. The average Bonchev–Trinajstić information content (AvgIpc) is 2.87. The van der Waals surface area contributed by atoms with Gasteiger partial charge in [0, 0.05) is 29.6 Å². The van der Waals surface area contributed by atoms with Crippen LogP contribution in [0.1, 0.15) is 30.5 Å². The lowest BCUT2D eigenvalue weighted by atomic mass is 10.0. The van der Waals surface area contributed by atoms with Crippen molar-refractivity contribution in [1.82, 2.24) is 10.2 Å². The van der Waals surface area contributed by atoms with E-state index in [0.29, 0.717) is 34.3 Å². The van der Waals surface area contributed by atoms with Gasteiger partial charge in [-0.05, 0) is 46.9 Å². The summed E-state index contributed by atoms with van der Waals surface area (Å²) in [4.78, 5) is 29.0. The Balaban J connectivity index is 2.01. The molecule has 0 spiro atoms. The number of benzene rings is 3. The molecule has 2 amide bonds. The fourth-order valence-corrected chi connectivity index (χ4v) is 4.43. The number of nitrogens with zero attached hydrogens (tertiary/aromatic N) is 1. The fourth-order valence-electron chi connectivity index (χ4n) is 3.90. The maximum atomic E-state index is 13.8. The number of ether oxygens (including phenoxy) is 1. The second kappa shape index (κ2) is 13.3. The highest BCUT2D eigenvalue weighted by Gasteiger charge is 2.31. The quantitative estimate of drug-likeness (QED) is 0.335. The molecule has 5 nitrogen and oxygen atoms in total. The smallest absolute Gasteiger partial charge is 0.243 e. The number of hydrogen-bond donors (Lipinski definition) is 1. The lowest BCUT2D eigenvalue weighted by Gasteiger charge is -2.32. The number of hydrogen-bond acceptors (Lipinski definition) is 3. The van der Waals surface area contributed by atoms with Crippen molar-refractivity contribution in [3.8, 4) is 5.75 Å². The van der Waals surface area contributed by atoms with Gasteiger partial charge in [0.1, 0.15) is 11.8 Å². The molecule has 3 aromatic carbocycles. The van der Waals surface area contributed by atoms with Crippen molar-refractivity contribution in [3.05, 3.63) is 99.5 Å². The molecule has 1 atom stereocenters. The van der Waals surface area contributed by atoms with Gasteiger partial charge in [0.25, 0.3) is 0 Å².